The summed E-state index contributed by atoms with van der Waals surface area (Å²) >= 11 is 1.86. The van der Waals surface area contributed by atoms with Gasteiger partial charge < -0.3 is 5.73 Å². The van der Waals surface area contributed by atoms with Gasteiger partial charge >= 0.3 is 0 Å². The lowest BCUT2D eigenvalue weighted by molar-refractivity contribution is 1.25. The van der Waals surface area contributed by atoms with Gasteiger partial charge in [0.05, 0.1) is 16.9 Å². The Bertz CT molecular complexity index is 2760. The maximum atomic E-state index is 6.59. The van der Waals surface area contributed by atoms with E-state index in [-0.39, 0.29) is 0 Å². The van der Waals surface area contributed by atoms with E-state index in [1.807, 2.05) is 47.7 Å². The highest BCUT2D eigenvalue weighted by atomic mass is 32.1. The molecule has 242 valence electrons. The van der Waals surface area contributed by atoms with Crippen LogP contribution in [-0.2, 0) is 6.42 Å². The lowest BCUT2D eigenvalue weighted by Gasteiger charge is -2.11. The topological polar surface area (TPSA) is 51.3 Å². The van der Waals surface area contributed by atoms with Crippen LogP contribution in [0.25, 0.3) is 69.9 Å². The Morgan fingerprint density at radius 3 is 2.10 bits per heavy atom. The van der Waals surface area contributed by atoms with Crippen LogP contribution in [0.4, 0.5) is 0 Å². The highest BCUT2D eigenvalue weighted by Crippen LogP contribution is 2.44. The Kier molecular flexibility index (Phi) is 7.92. The molecule has 0 amide bonds. The van der Waals surface area contributed by atoms with E-state index in [0.29, 0.717) is 12.3 Å². The number of hydrogen-bond acceptors (Lipinski definition) is 3. The number of amidine groups is 1. The summed E-state index contributed by atoms with van der Waals surface area (Å²) in [5, 5.41) is 6.15. The predicted octanol–water partition coefficient (Wildman–Crippen LogP) is 12.1. The molecule has 4 heteroatoms. The predicted molar refractivity (Wildman–Crippen MR) is 218 cm³/mol. The molecule has 0 aliphatic heterocycles. The molecule has 0 aliphatic rings. The van der Waals surface area contributed by atoms with Gasteiger partial charge in [-0.2, -0.15) is 0 Å². The molecule has 0 atom stereocenters. The van der Waals surface area contributed by atoms with Gasteiger partial charge in [-0.25, -0.2) is 9.98 Å². The molecule has 0 unspecified atom stereocenters. The Balaban J connectivity index is 1.14. The van der Waals surface area contributed by atoms with E-state index in [1.165, 1.54) is 47.5 Å². The molecular formula is C47H33N3S. The summed E-state index contributed by atoms with van der Waals surface area (Å²) in [5.41, 5.74) is 16.0. The first-order valence-electron chi connectivity index (χ1n) is 17.2. The fourth-order valence-corrected chi connectivity index (χ4v) is 8.26. The standard InChI is InChI=1S/C47H33N3S/c48-47(36-16-5-2-6-17-36)50-40(35-25-23-33(24-26-35)32-13-3-1-4-14-32)28-22-31-12-11-18-37(30-31)45-44-39-20-9-10-21-42(39)51-46(44)43-38-19-8-7-15-34(38)27-29-41(43)49-45/h1-21,23-30H,22H2,(H2,48,50)/b40-28-. The van der Waals surface area contributed by atoms with Crippen LogP contribution < -0.4 is 5.73 Å². The van der Waals surface area contributed by atoms with E-state index in [1.54, 1.807) is 0 Å². The number of thiophene rings is 1. The third kappa shape index (κ3) is 5.86. The van der Waals surface area contributed by atoms with Crippen molar-refractivity contribution in [1.82, 2.24) is 4.98 Å². The second-order valence-corrected chi connectivity index (χ2v) is 13.8. The average Bonchev–Trinajstić information content (AvgIpc) is 3.59. The molecule has 9 aromatic rings. The summed E-state index contributed by atoms with van der Waals surface area (Å²) in [6.45, 7) is 0. The molecule has 2 N–H and O–H groups in total. The number of aliphatic imine (C=N–C) groups is 1. The zero-order valence-corrected chi connectivity index (χ0v) is 28.6. The molecule has 0 saturated carbocycles. The zero-order valence-electron chi connectivity index (χ0n) is 27.8. The molecule has 3 nitrogen and oxygen atoms in total. The van der Waals surface area contributed by atoms with Crippen LogP contribution in [0, 0.1) is 0 Å². The van der Waals surface area contributed by atoms with Gasteiger partial charge in [-0.3, -0.25) is 0 Å². The van der Waals surface area contributed by atoms with Gasteiger partial charge in [0.1, 0.15) is 5.84 Å². The van der Waals surface area contributed by atoms with Crippen molar-refractivity contribution in [3.63, 3.8) is 0 Å². The van der Waals surface area contributed by atoms with Gasteiger partial charge in [-0.05, 0) is 57.6 Å². The first kappa shape index (κ1) is 30.7. The first-order valence-corrected chi connectivity index (χ1v) is 18.0. The quantitative estimate of drug-likeness (QED) is 0.104. The molecule has 0 aliphatic carbocycles. The summed E-state index contributed by atoms with van der Waals surface area (Å²) in [4.78, 5) is 10.4. The van der Waals surface area contributed by atoms with Crippen molar-refractivity contribution in [3.8, 4) is 22.4 Å². The van der Waals surface area contributed by atoms with Gasteiger partial charge in [-0.15, -0.1) is 11.3 Å². The fraction of sp³-hybridized carbons (Fsp3) is 0.0213. The van der Waals surface area contributed by atoms with Crippen molar-refractivity contribution >= 4 is 64.7 Å². The van der Waals surface area contributed by atoms with Crippen molar-refractivity contribution in [2.75, 3.05) is 0 Å². The molecular weight excluding hydrogens is 639 g/mol. The molecule has 0 bridgehead atoms. The van der Waals surface area contributed by atoms with Crippen LogP contribution in [-0.4, -0.2) is 10.8 Å². The molecule has 0 radical (unpaired) electrons. The smallest absolute Gasteiger partial charge is 0.131 e. The highest BCUT2D eigenvalue weighted by molar-refractivity contribution is 7.27. The summed E-state index contributed by atoms with van der Waals surface area (Å²) in [7, 11) is 0. The number of fused-ring (bicyclic) bond motifs is 7. The molecule has 2 heterocycles. The Labute approximate surface area is 300 Å². The average molecular weight is 672 g/mol. The molecule has 0 saturated heterocycles. The maximum absolute atomic E-state index is 6.59. The van der Waals surface area contributed by atoms with Crippen LogP contribution in [0.3, 0.4) is 0 Å². The minimum absolute atomic E-state index is 0.488. The number of rotatable bonds is 7. The van der Waals surface area contributed by atoms with Crippen molar-refractivity contribution in [3.05, 3.63) is 193 Å². The Hall–Kier alpha value is -6.36. The van der Waals surface area contributed by atoms with Crippen LogP contribution in [0.2, 0.25) is 0 Å². The lowest BCUT2D eigenvalue weighted by Crippen LogP contribution is -2.13. The SMILES string of the molecule is NC(=N/C(=C\Cc1cccc(-c2nc3ccc4ccccc4c3c3sc4ccccc4c23)c1)c1ccc(-c2ccccc2)cc1)c1ccccc1. The molecule has 9 rings (SSSR count). The first-order chi connectivity index (χ1) is 25.2. The zero-order chi connectivity index (χ0) is 34.1. The largest absolute Gasteiger partial charge is 0.383 e. The van der Waals surface area contributed by atoms with E-state index in [2.05, 4.69) is 140 Å². The van der Waals surface area contributed by atoms with Crippen molar-refractivity contribution < 1.29 is 0 Å². The minimum Gasteiger partial charge on any atom is -0.383 e. The number of nitrogens with two attached hydrogens (primary N) is 1. The van der Waals surface area contributed by atoms with Gasteiger partial charge in [0.2, 0.25) is 0 Å². The third-order valence-corrected chi connectivity index (χ3v) is 10.7. The van der Waals surface area contributed by atoms with E-state index < -0.39 is 0 Å². The molecule has 0 spiro atoms. The van der Waals surface area contributed by atoms with Crippen LogP contribution in [0.5, 0.6) is 0 Å². The fourth-order valence-electron chi connectivity index (χ4n) is 6.99. The van der Waals surface area contributed by atoms with Crippen LogP contribution >= 0.6 is 11.3 Å². The molecule has 2 aromatic heterocycles. The number of nitrogens with zero attached hydrogens (tertiary/aromatic N) is 2. The number of hydrogen-bond donors (Lipinski definition) is 1. The summed E-state index contributed by atoms with van der Waals surface area (Å²) in [6, 6.07) is 59.4. The van der Waals surface area contributed by atoms with Gasteiger partial charge in [-0.1, -0.05) is 158 Å². The highest BCUT2D eigenvalue weighted by Gasteiger charge is 2.18. The van der Waals surface area contributed by atoms with E-state index in [9.17, 15) is 0 Å². The Morgan fingerprint density at radius 2 is 1.27 bits per heavy atom. The number of aromatic nitrogens is 1. The van der Waals surface area contributed by atoms with Gasteiger partial charge in [0, 0.05) is 36.7 Å². The number of benzene rings is 7. The third-order valence-electron chi connectivity index (χ3n) is 9.53. The van der Waals surface area contributed by atoms with Crippen LogP contribution in [0.1, 0.15) is 16.7 Å². The lowest BCUT2D eigenvalue weighted by atomic mass is 9.98. The van der Waals surface area contributed by atoms with E-state index in [4.69, 9.17) is 15.7 Å². The summed E-state index contributed by atoms with van der Waals surface area (Å²) in [6.07, 6.45) is 2.86. The second-order valence-electron chi connectivity index (χ2n) is 12.7. The number of pyridine rings is 1. The summed E-state index contributed by atoms with van der Waals surface area (Å²) in [5.74, 6) is 0.488. The van der Waals surface area contributed by atoms with Gasteiger partial charge in [0.25, 0.3) is 0 Å². The number of allylic oxidation sites excluding steroid dienone is 1. The maximum Gasteiger partial charge on any atom is 0.131 e. The van der Waals surface area contributed by atoms with Crippen molar-refractivity contribution in [2.24, 2.45) is 10.7 Å². The molecule has 51 heavy (non-hydrogen) atoms. The van der Waals surface area contributed by atoms with E-state index in [0.717, 1.165) is 39.2 Å². The van der Waals surface area contributed by atoms with Gasteiger partial charge in [0.15, 0.2) is 0 Å². The molecule has 0 fully saturated rings. The second kappa shape index (κ2) is 13.2. The monoisotopic (exact) mass is 671 g/mol. The minimum atomic E-state index is 0.488. The Morgan fingerprint density at radius 1 is 0.588 bits per heavy atom. The summed E-state index contributed by atoms with van der Waals surface area (Å²) < 4.78 is 2.55. The van der Waals surface area contributed by atoms with E-state index >= 15 is 0 Å². The van der Waals surface area contributed by atoms with Crippen molar-refractivity contribution in [2.45, 2.75) is 6.42 Å². The normalized spacial score (nSPS) is 12.3. The van der Waals surface area contributed by atoms with Crippen LogP contribution in [0.15, 0.2) is 181 Å². The van der Waals surface area contributed by atoms with Crippen molar-refractivity contribution in [1.29, 1.82) is 0 Å². The molecule has 7 aromatic carbocycles.